The molecule has 2 aromatic carbocycles. The van der Waals surface area contributed by atoms with Gasteiger partial charge in [0.1, 0.15) is 5.75 Å². The van der Waals surface area contributed by atoms with Crippen molar-refractivity contribution >= 4 is 23.7 Å². The summed E-state index contributed by atoms with van der Waals surface area (Å²) in [5.74, 6) is -0.118. The number of aryl methyl sites for hydroxylation is 2. The molecule has 4 rings (SSSR count). The van der Waals surface area contributed by atoms with E-state index in [-0.39, 0.29) is 36.9 Å². The van der Waals surface area contributed by atoms with Gasteiger partial charge in [-0.25, -0.2) is 14.8 Å². The lowest BCUT2D eigenvalue weighted by Crippen LogP contribution is -2.37. The molecule has 1 aromatic heterocycles. The number of carboxylic acid groups (broad SMARTS) is 1. The number of piperidine rings is 1. The smallest absolute Gasteiger partial charge is 0.419 e. The van der Waals surface area contributed by atoms with Crippen LogP contribution in [-0.4, -0.2) is 52.8 Å². The highest BCUT2D eigenvalue weighted by molar-refractivity contribution is 5.73. The van der Waals surface area contributed by atoms with E-state index in [2.05, 4.69) is 15.3 Å². The van der Waals surface area contributed by atoms with Gasteiger partial charge in [-0.1, -0.05) is 30.3 Å². The van der Waals surface area contributed by atoms with Gasteiger partial charge in [-0.05, 0) is 60.9 Å². The van der Waals surface area contributed by atoms with Crippen LogP contribution in [0.2, 0.25) is 0 Å². The van der Waals surface area contributed by atoms with Crippen molar-refractivity contribution in [1.29, 1.82) is 0 Å². The zero-order chi connectivity index (χ0) is 29.6. The van der Waals surface area contributed by atoms with Gasteiger partial charge in [0.25, 0.3) is 0 Å². The molecule has 0 radical (unpaired) electrons. The number of hydrogen-bond donors (Lipinski definition) is 2. The van der Waals surface area contributed by atoms with Crippen molar-refractivity contribution in [2.24, 2.45) is 0 Å². The number of ether oxygens (including phenoxy) is 2. The van der Waals surface area contributed by atoms with Crippen LogP contribution in [-0.2, 0) is 35.0 Å². The Morgan fingerprint density at radius 1 is 1.10 bits per heavy atom. The third kappa shape index (κ3) is 7.24. The molecule has 2 heterocycles. The van der Waals surface area contributed by atoms with Crippen LogP contribution in [0.25, 0.3) is 0 Å². The largest absolute Gasteiger partial charge is 0.495 e. The van der Waals surface area contributed by atoms with Crippen molar-refractivity contribution in [3.63, 3.8) is 0 Å². The molecule has 0 bridgehead atoms. The summed E-state index contributed by atoms with van der Waals surface area (Å²) < 4.78 is 51.7. The lowest BCUT2D eigenvalue weighted by molar-refractivity contribution is -0.140. The van der Waals surface area contributed by atoms with E-state index in [1.807, 2.05) is 0 Å². The number of methoxy groups -OCH3 is 2. The first-order chi connectivity index (χ1) is 19.6. The number of anilines is 2. The van der Waals surface area contributed by atoms with Gasteiger partial charge < -0.3 is 24.8 Å². The molecule has 2 N–H and O–H groups in total. The number of rotatable bonds is 9. The van der Waals surface area contributed by atoms with Crippen LogP contribution in [0.1, 0.15) is 53.3 Å². The maximum Gasteiger partial charge on any atom is 0.419 e. The molecule has 218 valence electrons. The van der Waals surface area contributed by atoms with Crippen molar-refractivity contribution in [2.75, 3.05) is 26.1 Å². The second kappa shape index (κ2) is 12.9. The summed E-state index contributed by atoms with van der Waals surface area (Å²) >= 11 is 0. The Balaban J connectivity index is 1.59. The first-order valence-electron chi connectivity index (χ1n) is 13.1. The van der Waals surface area contributed by atoms with Crippen LogP contribution < -0.4 is 10.1 Å². The molecule has 12 heteroatoms. The first kappa shape index (κ1) is 29.6. The van der Waals surface area contributed by atoms with Crippen LogP contribution >= 0.6 is 0 Å². The molecule has 1 unspecified atom stereocenters. The van der Waals surface area contributed by atoms with Crippen molar-refractivity contribution in [1.82, 2.24) is 14.9 Å². The topological polar surface area (TPSA) is 114 Å². The maximum absolute atomic E-state index is 13.8. The summed E-state index contributed by atoms with van der Waals surface area (Å²) in [4.78, 5) is 33.0. The SMILES string of the molecule is COC(=O)Cc1ccccc1CCc1nc(Nc2ccc(C3CCCCN3C(=O)O)cc2OC)ncc1C(F)(F)F. The molecule has 0 aliphatic carbocycles. The monoisotopic (exact) mass is 572 g/mol. The molecule has 1 atom stereocenters. The molecular weight excluding hydrogens is 541 g/mol. The van der Waals surface area contributed by atoms with Crippen LogP contribution in [0, 0.1) is 0 Å². The number of nitrogens with one attached hydrogen (secondary N) is 1. The number of esters is 1. The number of likely N-dealkylation sites (tertiary alicyclic amines) is 1. The molecule has 1 aliphatic rings. The molecular formula is C29H31F3N4O5. The first-order valence-corrected chi connectivity index (χ1v) is 13.1. The Kier molecular flexibility index (Phi) is 9.31. The molecule has 3 aromatic rings. The van der Waals surface area contributed by atoms with Gasteiger partial charge in [0.2, 0.25) is 5.95 Å². The average molecular weight is 573 g/mol. The number of carbonyl (C=O) groups excluding carboxylic acids is 1. The van der Waals surface area contributed by atoms with Crippen molar-refractivity contribution < 1.29 is 37.3 Å². The minimum absolute atomic E-state index is 0.0102. The fourth-order valence-electron chi connectivity index (χ4n) is 5.01. The highest BCUT2D eigenvalue weighted by Gasteiger charge is 2.35. The Morgan fingerprint density at radius 2 is 1.85 bits per heavy atom. The Bertz CT molecular complexity index is 1400. The fraction of sp³-hybridized carbons (Fsp3) is 0.379. The zero-order valence-corrected chi connectivity index (χ0v) is 22.7. The number of aromatic nitrogens is 2. The fourth-order valence-corrected chi connectivity index (χ4v) is 5.01. The number of nitrogens with zero attached hydrogens (tertiary/aromatic N) is 3. The van der Waals surface area contributed by atoms with Gasteiger partial charge in [-0.2, -0.15) is 13.2 Å². The van der Waals surface area contributed by atoms with Crippen molar-refractivity contribution in [3.05, 3.63) is 76.6 Å². The summed E-state index contributed by atoms with van der Waals surface area (Å²) in [5, 5.41) is 12.5. The van der Waals surface area contributed by atoms with E-state index in [1.165, 1.54) is 19.1 Å². The van der Waals surface area contributed by atoms with Gasteiger partial charge in [0.15, 0.2) is 0 Å². The Hall–Kier alpha value is -4.35. The summed E-state index contributed by atoms with van der Waals surface area (Å²) in [6.45, 7) is 0.442. The Morgan fingerprint density at radius 3 is 2.54 bits per heavy atom. The number of hydrogen-bond acceptors (Lipinski definition) is 7. The number of halogens is 3. The van der Waals surface area contributed by atoms with Crippen LogP contribution in [0.4, 0.5) is 29.6 Å². The zero-order valence-electron chi connectivity index (χ0n) is 22.7. The van der Waals surface area contributed by atoms with Crippen molar-refractivity contribution in [2.45, 2.75) is 50.7 Å². The van der Waals surface area contributed by atoms with Crippen LogP contribution in [0.3, 0.4) is 0 Å². The van der Waals surface area contributed by atoms with Gasteiger partial charge >= 0.3 is 18.2 Å². The van der Waals surface area contributed by atoms with Gasteiger partial charge in [0.05, 0.1) is 43.6 Å². The predicted molar refractivity (Wildman–Crippen MR) is 144 cm³/mol. The summed E-state index contributed by atoms with van der Waals surface area (Å²) in [6.07, 6.45) is -2.36. The quantitative estimate of drug-likeness (QED) is 0.302. The van der Waals surface area contributed by atoms with E-state index >= 15 is 0 Å². The maximum atomic E-state index is 13.8. The van der Waals surface area contributed by atoms with Gasteiger partial charge in [-0.15, -0.1) is 0 Å². The van der Waals surface area contributed by atoms with E-state index < -0.39 is 23.8 Å². The number of amides is 1. The van der Waals surface area contributed by atoms with E-state index in [9.17, 15) is 27.9 Å². The molecule has 1 fully saturated rings. The molecule has 1 amide bonds. The second-order valence-electron chi connectivity index (χ2n) is 9.65. The lowest BCUT2D eigenvalue weighted by Gasteiger charge is -2.34. The summed E-state index contributed by atoms with van der Waals surface area (Å²) in [7, 11) is 2.73. The normalized spacial score (nSPS) is 15.3. The number of benzene rings is 2. The number of carbonyl (C=O) groups is 2. The summed E-state index contributed by atoms with van der Waals surface area (Å²) in [6, 6.07) is 11.8. The predicted octanol–water partition coefficient (Wildman–Crippen LogP) is 5.95. The molecule has 41 heavy (non-hydrogen) atoms. The van der Waals surface area contributed by atoms with Crippen LogP contribution in [0.5, 0.6) is 5.75 Å². The third-order valence-electron chi connectivity index (χ3n) is 7.09. The minimum atomic E-state index is -4.66. The second-order valence-corrected chi connectivity index (χ2v) is 9.65. The molecule has 0 spiro atoms. The minimum Gasteiger partial charge on any atom is -0.495 e. The number of alkyl halides is 3. The van der Waals surface area contributed by atoms with Gasteiger partial charge in [-0.3, -0.25) is 4.79 Å². The third-order valence-corrected chi connectivity index (χ3v) is 7.09. The van der Waals surface area contributed by atoms with Gasteiger partial charge in [0, 0.05) is 12.7 Å². The van der Waals surface area contributed by atoms with Crippen LogP contribution in [0.15, 0.2) is 48.7 Å². The van der Waals surface area contributed by atoms with E-state index in [0.29, 0.717) is 30.0 Å². The molecule has 9 nitrogen and oxygen atoms in total. The highest BCUT2D eigenvalue weighted by atomic mass is 19.4. The molecule has 0 saturated carbocycles. The van der Waals surface area contributed by atoms with E-state index in [0.717, 1.165) is 30.2 Å². The average Bonchev–Trinajstić information content (AvgIpc) is 2.96. The summed E-state index contributed by atoms with van der Waals surface area (Å²) in [5.41, 5.74) is 1.43. The highest BCUT2D eigenvalue weighted by Crippen LogP contribution is 2.37. The lowest BCUT2D eigenvalue weighted by atomic mass is 9.95. The van der Waals surface area contributed by atoms with Crippen molar-refractivity contribution in [3.8, 4) is 5.75 Å². The standard InChI is InChI=1S/C29H31F3N4O5/c1-40-25-15-20(24-9-5-6-14-36(24)28(38)39)11-13-23(25)35-27-33-17-21(29(30,31)32)22(34-27)12-10-18-7-3-4-8-19(18)16-26(37)41-2/h3-4,7-8,11,13,15,17,24H,5-6,9-10,12,14,16H2,1-2H3,(H,38,39)(H,33,34,35). The van der Waals surface area contributed by atoms with E-state index in [1.54, 1.807) is 42.5 Å². The molecule has 1 aliphatic heterocycles. The molecule has 1 saturated heterocycles. The Labute approximate surface area is 235 Å². The van der Waals surface area contributed by atoms with E-state index in [4.69, 9.17) is 9.47 Å².